The number of carbonyl (C=O) groups is 1. The Kier molecular flexibility index (Phi) is 6.53. The number of nitrogens with zero attached hydrogens (tertiary/aromatic N) is 3. The maximum Gasteiger partial charge on any atom is 0.348 e. The molecule has 0 bridgehead atoms. The Labute approximate surface area is 184 Å². The van der Waals surface area contributed by atoms with Crippen LogP contribution in [-0.2, 0) is 11.2 Å². The molecule has 0 radical (unpaired) electrons. The highest BCUT2D eigenvalue weighted by molar-refractivity contribution is 5.77. The van der Waals surface area contributed by atoms with Crippen molar-refractivity contribution in [3.05, 3.63) is 70.7 Å². The minimum absolute atomic E-state index is 0.0246. The number of halogens is 1. The van der Waals surface area contributed by atoms with Gasteiger partial charge in [-0.3, -0.25) is 4.79 Å². The first kappa shape index (κ1) is 21.6. The van der Waals surface area contributed by atoms with Crippen LogP contribution < -0.4 is 15.2 Å². The number of hydrogen-bond acceptors (Lipinski definition) is 5. The highest BCUT2D eigenvalue weighted by Gasteiger charge is 2.25. The van der Waals surface area contributed by atoms with Gasteiger partial charge in [-0.15, -0.1) is 0 Å². The molecule has 1 amide bonds. The molecule has 9 heteroatoms. The van der Waals surface area contributed by atoms with Crippen LogP contribution in [0.4, 0.5) is 4.39 Å². The van der Waals surface area contributed by atoms with Crippen molar-refractivity contribution in [1.29, 1.82) is 0 Å². The molecule has 0 spiro atoms. The molecular weight excluding hydrogens is 415 g/mol. The molecule has 4 rings (SSSR count). The molecule has 1 N–H and O–H groups in total. The lowest BCUT2D eigenvalue weighted by atomic mass is 9.93. The molecule has 2 aromatic carbocycles. The Morgan fingerprint density at radius 3 is 2.50 bits per heavy atom. The Bertz CT molecular complexity index is 1120. The summed E-state index contributed by atoms with van der Waals surface area (Å²) in [6, 6.07) is 13.2. The zero-order valence-corrected chi connectivity index (χ0v) is 17.8. The van der Waals surface area contributed by atoms with Gasteiger partial charge in [0.1, 0.15) is 23.1 Å². The fourth-order valence-corrected chi connectivity index (χ4v) is 3.90. The van der Waals surface area contributed by atoms with E-state index in [-0.39, 0.29) is 24.1 Å². The largest absolute Gasteiger partial charge is 0.497 e. The molecule has 8 nitrogen and oxygen atoms in total. The first-order valence-electron chi connectivity index (χ1n) is 10.5. The number of benzene rings is 2. The third kappa shape index (κ3) is 4.82. The Hall–Kier alpha value is -3.62. The van der Waals surface area contributed by atoms with Gasteiger partial charge in [-0.05, 0) is 55.2 Å². The van der Waals surface area contributed by atoms with E-state index < -0.39 is 11.5 Å². The Balaban J connectivity index is 1.31. The summed E-state index contributed by atoms with van der Waals surface area (Å²) in [6.45, 7) is 1.18. The molecule has 2 heterocycles. The summed E-state index contributed by atoms with van der Waals surface area (Å²) in [6.07, 6.45) is 2.07. The monoisotopic (exact) mass is 440 g/mol. The van der Waals surface area contributed by atoms with Crippen LogP contribution in [0, 0.1) is 11.7 Å². The summed E-state index contributed by atoms with van der Waals surface area (Å²) in [5.74, 6) is 1.52. The van der Waals surface area contributed by atoms with Crippen LogP contribution in [0.1, 0.15) is 18.7 Å². The van der Waals surface area contributed by atoms with Crippen molar-refractivity contribution in [3.8, 4) is 17.2 Å². The zero-order chi connectivity index (χ0) is 22.5. The Morgan fingerprint density at radius 1 is 1.12 bits per heavy atom. The van der Waals surface area contributed by atoms with Crippen LogP contribution >= 0.6 is 0 Å². The van der Waals surface area contributed by atoms with Crippen molar-refractivity contribution in [3.63, 3.8) is 0 Å². The van der Waals surface area contributed by atoms with E-state index >= 15 is 0 Å². The molecular formula is C23H25FN4O4. The van der Waals surface area contributed by atoms with Gasteiger partial charge in [0.25, 0.3) is 5.91 Å². The Morgan fingerprint density at radius 2 is 1.81 bits per heavy atom. The lowest BCUT2D eigenvalue weighted by molar-refractivity contribution is -0.134. The summed E-state index contributed by atoms with van der Waals surface area (Å²) in [7, 11) is 1.59. The average molecular weight is 440 g/mol. The molecule has 1 aliphatic rings. The van der Waals surface area contributed by atoms with Crippen LogP contribution in [0.3, 0.4) is 0 Å². The number of ether oxygens (including phenoxy) is 2. The second kappa shape index (κ2) is 9.67. The molecule has 0 aliphatic carbocycles. The minimum atomic E-state index is -0.477. The molecule has 1 fully saturated rings. The standard InChI is InChI=1S/C23H25FN4O4/c1-31-17-6-8-18(9-7-17)32-15-22(29)27-12-10-16(11-13-27)14-21-25-26-23(30)28(21)20-5-3-2-4-19(20)24/h2-9,16H,10-15H2,1H3,(H,26,30). The van der Waals surface area contributed by atoms with E-state index in [0.29, 0.717) is 31.1 Å². The number of para-hydroxylation sites is 1. The number of piperidine rings is 1. The topological polar surface area (TPSA) is 89.5 Å². The second-order valence-corrected chi connectivity index (χ2v) is 7.72. The SMILES string of the molecule is COc1ccc(OCC(=O)N2CCC(Cc3n[nH]c(=O)n3-c3ccccc3F)CC2)cc1. The number of hydrogen-bond donors (Lipinski definition) is 1. The molecule has 0 saturated carbocycles. The normalized spacial score (nSPS) is 14.4. The summed E-state index contributed by atoms with van der Waals surface area (Å²) in [5.41, 5.74) is -0.280. The van der Waals surface area contributed by atoms with Crippen molar-refractivity contribution in [2.24, 2.45) is 5.92 Å². The van der Waals surface area contributed by atoms with E-state index in [1.165, 1.54) is 10.6 Å². The smallest absolute Gasteiger partial charge is 0.348 e. The van der Waals surface area contributed by atoms with E-state index in [9.17, 15) is 14.0 Å². The van der Waals surface area contributed by atoms with Crippen LogP contribution in [0.15, 0.2) is 53.3 Å². The number of methoxy groups -OCH3 is 1. The third-order valence-electron chi connectivity index (χ3n) is 5.70. The molecule has 1 saturated heterocycles. The highest BCUT2D eigenvalue weighted by atomic mass is 19.1. The maximum absolute atomic E-state index is 14.2. The van der Waals surface area contributed by atoms with E-state index in [2.05, 4.69) is 10.2 Å². The van der Waals surface area contributed by atoms with Crippen molar-refractivity contribution in [2.45, 2.75) is 19.3 Å². The summed E-state index contributed by atoms with van der Waals surface area (Å²) < 4.78 is 26.2. The van der Waals surface area contributed by atoms with E-state index in [4.69, 9.17) is 9.47 Å². The first-order valence-corrected chi connectivity index (χ1v) is 10.5. The molecule has 0 unspecified atom stereocenters. The molecule has 1 aliphatic heterocycles. The van der Waals surface area contributed by atoms with E-state index in [1.54, 1.807) is 54.5 Å². The van der Waals surface area contributed by atoms with Crippen LogP contribution in [0.25, 0.3) is 5.69 Å². The maximum atomic E-state index is 14.2. The van der Waals surface area contributed by atoms with Gasteiger partial charge in [0.05, 0.1) is 12.8 Å². The van der Waals surface area contributed by atoms with Crippen molar-refractivity contribution in [2.75, 3.05) is 26.8 Å². The van der Waals surface area contributed by atoms with Crippen LogP contribution in [0.5, 0.6) is 11.5 Å². The van der Waals surface area contributed by atoms with Crippen molar-refractivity contribution >= 4 is 5.91 Å². The second-order valence-electron chi connectivity index (χ2n) is 7.72. The fraction of sp³-hybridized carbons (Fsp3) is 0.348. The lowest BCUT2D eigenvalue weighted by Crippen LogP contribution is -2.41. The molecule has 1 aromatic heterocycles. The number of likely N-dealkylation sites (tertiary alicyclic amines) is 1. The number of H-pyrrole nitrogens is 1. The van der Waals surface area contributed by atoms with Gasteiger partial charge in [0.2, 0.25) is 0 Å². The zero-order valence-electron chi connectivity index (χ0n) is 17.8. The molecule has 0 atom stereocenters. The first-order chi connectivity index (χ1) is 15.5. The predicted octanol–water partition coefficient (Wildman–Crippen LogP) is 2.57. The minimum Gasteiger partial charge on any atom is -0.497 e. The quantitative estimate of drug-likeness (QED) is 0.610. The van der Waals surface area contributed by atoms with Crippen LogP contribution in [0.2, 0.25) is 0 Å². The predicted molar refractivity (Wildman–Crippen MR) is 116 cm³/mol. The van der Waals surface area contributed by atoms with Gasteiger partial charge >= 0.3 is 5.69 Å². The van der Waals surface area contributed by atoms with Crippen molar-refractivity contribution in [1.82, 2.24) is 19.7 Å². The average Bonchev–Trinajstić information content (AvgIpc) is 3.18. The molecule has 168 valence electrons. The lowest BCUT2D eigenvalue weighted by Gasteiger charge is -2.31. The van der Waals surface area contributed by atoms with Crippen molar-refractivity contribution < 1.29 is 18.7 Å². The van der Waals surface area contributed by atoms with Gasteiger partial charge in [0, 0.05) is 19.5 Å². The summed E-state index contributed by atoms with van der Waals surface area (Å²) in [4.78, 5) is 26.5. The number of aromatic nitrogens is 3. The number of carbonyl (C=O) groups excluding carboxylic acids is 1. The highest BCUT2D eigenvalue weighted by Crippen LogP contribution is 2.23. The summed E-state index contributed by atoms with van der Waals surface area (Å²) in [5, 5.41) is 6.53. The van der Waals surface area contributed by atoms with Gasteiger partial charge in [-0.1, -0.05) is 12.1 Å². The number of amides is 1. The van der Waals surface area contributed by atoms with Gasteiger partial charge < -0.3 is 14.4 Å². The van der Waals surface area contributed by atoms with Crippen LogP contribution in [-0.4, -0.2) is 52.4 Å². The van der Waals surface area contributed by atoms with Gasteiger partial charge in [-0.2, -0.15) is 5.10 Å². The molecule has 32 heavy (non-hydrogen) atoms. The third-order valence-corrected chi connectivity index (χ3v) is 5.70. The van der Waals surface area contributed by atoms with E-state index in [1.807, 2.05) is 0 Å². The number of nitrogens with one attached hydrogen (secondary N) is 1. The molecule has 3 aromatic rings. The van der Waals surface area contributed by atoms with Gasteiger partial charge in [0.15, 0.2) is 6.61 Å². The number of aromatic amines is 1. The number of rotatable bonds is 7. The summed E-state index contributed by atoms with van der Waals surface area (Å²) >= 11 is 0. The van der Waals surface area contributed by atoms with Gasteiger partial charge in [-0.25, -0.2) is 18.9 Å². The van der Waals surface area contributed by atoms with E-state index in [0.717, 1.165) is 18.6 Å². The fourth-order valence-electron chi connectivity index (χ4n) is 3.90.